The molecule has 11 heteroatoms. The first-order valence-electron chi connectivity index (χ1n) is 13.5. The molecule has 1 fully saturated rings. The molecular weight excluding hydrogens is 565 g/mol. The molecule has 0 aliphatic heterocycles. The summed E-state index contributed by atoms with van der Waals surface area (Å²) in [6.07, 6.45) is -3.81. The maximum atomic E-state index is 14.0. The van der Waals surface area contributed by atoms with E-state index in [4.69, 9.17) is 0 Å². The largest absolute Gasteiger partial charge is 0.416 e. The highest BCUT2D eigenvalue weighted by atomic mass is 19.4. The fourth-order valence-electron chi connectivity index (χ4n) is 5.53. The molecule has 4 nitrogen and oxygen atoms in total. The molecule has 1 unspecified atom stereocenters. The van der Waals surface area contributed by atoms with Gasteiger partial charge in [-0.05, 0) is 79.8 Å². The summed E-state index contributed by atoms with van der Waals surface area (Å²) >= 11 is 0. The fourth-order valence-corrected chi connectivity index (χ4v) is 5.53. The van der Waals surface area contributed by atoms with E-state index in [1.165, 1.54) is 25.4 Å². The Bertz CT molecular complexity index is 1430. The minimum absolute atomic E-state index is 0.0290. The summed E-state index contributed by atoms with van der Waals surface area (Å²) in [7, 11) is 1.31. The molecule has 1 aliphatic rings. The van der Waals surface area contributed by atoms with Gasteiger partial charge in [0.1, 0.15) is 5.82 Å². The number of halogens is 7. The molecular formula is C31H31F7N2O2. The summed E-state index contributed by atoms with van der Waals surface area (Å²) < 4.78 is 95.5. The summed E-state index contributed by atoms with van der Waals surface area (Å²) in [4.78, 5) is 19.6. The van der Waals surface area contributed by atoms with Gasteiger partial charge in [-0.25, -0.2) is 4.39 Å². The van der Waals surface area contributed by atoms with Crippen LogP contribution in [0.1, 0.15) is 72.9 Å². The maximum absolute atomic E-state index is 14.0. The lowest BCUT2D eigenvalue weighted by Crippen LogP contribution is -2.46. The molecule has 4 rings (SSSR count). The van der Waals surface area contributed by atoms with Gasteiger partial charge in [0.05, 0.1) is 35.0 Å². The van der Waals surface area contributed by atoms with Gasteiger partial charge in [-0.15, -0.1) is 0 Å². The molecule has 0 spiro atoms. The van der Waals surface area contributed by atoms with E-state index in [1.807, 2.05) is 0 Å². The molecule has 1 aromatic heterocycles. The van der Waals surface area contributed by atoms with Crippen LogP contribution in [0.2, 0.25) is 0 Å². The summed E-state index contributed by atoms with van der Waals surface area (Å²) in [6, 6.07) is 6.80. The predicted molar refractivity (Wildman–Crippen MR) is 144 cm³/mol. The van der Waals surface area contributed by atoms with Crippen molar-refractivity contribution in [2.75, 3.05) is 18.6 Å². The van der Waals surface area contributed by atoms with E-state index in [0.717, 1.165) is 49.6 Å². The molecule has 1 saturated carbocycles. The van der Waals surface area contributed by atoms with Gasteiger partial charge in [0.25, 0.3) is 0 Å². The number of hydrogen-bond donors (Lipinski definition) is 1. The van der Waals surface area contributed by atoms with Crippen molar-refractivity contribution in [3.05, 3.63) is 82.4 Å². The van der Waals surface area contributed by atoms with E-state index in [-0.39, 0.29) is 17.7 Å². The molecule has 226 valence electrons. The molecule has 1 aliphatic carbocycles. The van der Waals surface area contributed by atoms with E-state index in [1.54, 1.807) is 19.1 Å². The lowest BCUT2D eigenvalue weighted by atomic mass is 9.80. The monoisotopic (exact) mass is 596 g/mol. The van der Waals surface area contributed by atoms with Gasteiger partial charge in [-0.1, -0.05) is 25.3 Å². The number of benzene rings is 2. The highest BCUT2D eigenvalue weighted by Gasteiger charge is 2.43. The molecule has 1 atom stereocenters. The molecule has 0 radical (unpaired) electrons. The zero-order valence-electron chi connectivity index (χ0n) is 23.3. The van der Waals surface area contributed by atoms with Crippen molar-refractivity contribution in [3.8, 4) is 11.1 Å². The van der Waals surface area contributed by atoms with E-state index in [2.05, 4.69) is 4.98 Å². The van der Waals surface area contributed by atoms with Crippen LogP contribution in [0.4, 0.5) is 36.4 Å². The van der Waals surface area contributed by atoms with Crippen LogP contribution in [0, 0.1) is 12.7 Å². The number of anilines is 1. The standard InChI is InChI=1S/C31H31F7N2O2/c1-18-11-23(32)9-10-24(18)25-15-26(19-7-5-4-6-8-19)39-16-27(25)40(3)28(42)29(2,17-41)20-12-21(30(33,34)35)14-22(13-20)31(36,37)38/h9-16,19,41H,4-8,17H2,1-3H3. The number of aliphatic hydroxyl groups is 1. The summed E-state index contributed by atoms with van der Waals surface area (Å²) in [6.45, 7) is 1.70. The first-order valence-corrected chi connectivity index (χ1v) is 13.5. The Morgan fingerprint density at radius 3 is 2.00 bits per heavy atom. The summed E-state index contributed by atoms with van der Waals surface area (Å²) in [5, 5.41) is 10.3. The molecule has 3 aromatic rings. The lowest BCUT2D eigenvalue weighted by Gasteiger charge is -2.33. The first kappa shape index (κ1) is 31.5. The van der Waals surface area contributed by atoms with Crippen molar-refractivity contribution in [1.29, 1.82) is 0 Å². The van der Waals surface area contributed by atoms with E-state index < -0.39 is 52.8 Å². The van der Waals surface area contributed by atoms with Crippen LogP contribution < -0.4 is 4.90 Å². The smallest absolute Gasteiger partial charge is 0.395 e. The maximum Gasteiger partial charge on any atom is 0.416 e. The number of aromatic nitrogens is 1. The number of pyridine rings is 1. The Labute approximate surface area is 239 Å². The number of rotatable bonds is 6. The average molecular weight is 597 g/mol. The second-order valence-corrected chi connectivity index (χ2v) is 11.1. The molecule has 1 amide bonds. The minimum atomic E-state index is -5.13. The zero-order valence-corrected chi connectivity index (χ0v) is 23.3. The number of carbonyl (C=O) groups excluding carboxylic acids is 1. The third-order valence-electron chi connectivity index (χ3n) is 8.09. The quantitative estimate of drug-likeness (QED) is 0.292. The van der Waals surface area contributed by atoms with Crippen LogP contribution in [0.25, 0.3) is 11.1 Å². The average Bonchev–Trinajstić information content (AvgIpc) is 2.95. The van der Waals surface area contributed by atoms with Gasteiger partial charge < -0.3 is 10.0 Å². The summed E-state index contributed by atoms with van der Waals surface area (Å²) in [5.74, 6) is -1.26. The lowest BCUT2D eigenvalue weighted by molar-refractivity contribution is -0.143. The van der Waals surface area contributed by atoms with Crippen LogP contribution in [0.5, 0.6) is 0 Å². The van der Waals surface area contributed by atoms with Gasteiger partial charge in [0.15, 0.2) is 0 Å². The van der Waals surface area contributed by atoms with Crippen LogP contribution in [0.3, 0.4) is 0 Å². The Hall–Kier alpha value is -3.47. The van der Waals surface area contributed by atoms with Crippen LogP contribution in [-0.4, -0.2) is 29.7 Å². The number of hydrogen-bond acceptors (Lipinski definition) is 3. The van der Waals surface area contributed by atoms with E-state index in [0.29, 0.717) is 28.8 Å². The van der Waals surface area contributed by atoms with Crippen molar-refractivity contribution >= 4 is 11.6 Å². The van der Waals surface area contributed by atoms with Crippen LogP contribution in [0.15, 0.2) is 48.7 Å². The topological polar surface area (TPSA) is 53.4 Å². The van der Waals surface area contributed by atoms with Crippen molar-refractivity contribution in [1.82, 2.24) is 4.98 Å². The normalized spacial score (nSPS) is 16.3. The van der Waals surface area contributed by atoms with Crippen LogP contribution >= 0.6 is 0 Å². The highest BCUT2D eigenvalue weighted by Crippen LogP contribution is 2.42. The van der Waals surface area contributed by atoms with Crippen molar-refractivity contribution < 1.29 is 40.6 Å². The molecule has 0 bridgehead atoms. The Morgan fingerprint density at radius 1 is 0.905 bits per heavy atom. The van der Waals surface area contributed by atoms with Gasteiger partial charge in [0.2, 0.25) is 5.91 Å². The number of nitrogens with zero attached hydrogens (tertiary/aromatic N) is 2. The second-order valence-electron chi connectivity index (χ2n) is 11.1. The van der Waals surface area contributed by atoms with Gasteiger partial charge in [-0.2, -0.15) is 26.3 Å². The third-order valence-corrected chi connectivity index (χ3v) is 8.09. The van der Waals surface area contributed by atoms with E-state index in [9.17, 15) is 40.6 Å². The number of likely N-dealkylation sites (N-methyl/N-ethyl adjacent to an activating group) is 1. The zero-order chi connectivity index (χ0) is 31.0. The van der Waals surface area contributed by atoms with Crippen molar-refractivity contribution in [3.63, 3.8) is 0 Å². The molecule has 0 saturated heterocycles. The number of carbonyl (C=O) groups is 1. The van der Waals surface area contributed by atoms with Crippen molar-refractivity contribution in [2.45, 2.75) is 69.6 Å². The van der Waals surface area contributed by atoms with Crippen LogP contribution in [-0.2, 0) is 22.6 Å². The van der Waals surface area contributed by atoms with Gasteiger partial charge in [-0.3, -0.25) is 9.78 Å². The van der Waals surface area contributed by atoms with Crippen molar-refractivity contribution in [2.24, 2.45) is 0 Å². The molecule has 42 heavy (non-hydrogen) atoms. The SMILES string of the molecule is Cc1cc(F)ccc1-c1cc(C2CCCCC2)ncc1N(C)C(=O)C(C)(CO)c1cc(C(F)(F)F)cc(C(F)(F)F)c1. The Balaban J connectivity index is 1.85. The number of alkyl halides is 6. The highest BCUT2D eigenvalue weighted by molar-refractivity contribution is 6.03. The number of aryl methyl sites for hydroxylation is 1. The number of amides is 1. The minimum Gasteiger partial charge on any atom is -0.395 e. The Kier molecular flexibility index (Phi) is 8.74. The predicted octanol–water partition coefficient (Wildman–Crippen LogP) is 8.19. The van der Waals surface area contributed by atoms with Gasteiger partial charge in [0, 0.05) is 24.2 Å². The van der Waals surface area contributed by atoms with Gasteiger partial charge >= 0.3 is 12.4 Å². The molecule has 1 heterocycles. The third kappa shape index (κ3) is 6.30. The number of aliphatic hydroxyl groups excluding tert-OH is 1. The van der Waals surface area contributed by atoms with E-state index >= 15 is 0 Å². The summed E-state index contributed by atoms with van der Waals surface area (Å²) in [5.41, 5.74) is -3.41. The molecule has 1 N–H and O–H groups in total. The molecule has 2 aromatic carbocycles. The second kappa shape index (κ2) is 11.7. The Morgan fingerprint density at radius 2 is 1.48 bits per heavy atom. The first-order chi connectivity index (χ1) is 19.6. The fraction of sp³-hybridized carbons (Fsp3) is 0.419.